The maximum absolute atomic E-state index is 12.2. The Morgan fingerprint density at radius 3 is 1.76 bits per heavy atom. The number of hydrogen-bond acceptors (Lipinski definition) is 14. The van der Waals surface area contributed by atoms with Gasteiger partial charge in [0, 0.05) is 38.4 Å². The molecule has 0 spiro atoms. The van der Waals surface area contributed by atoms with Crippen LogP contribution < -0.4 is 19.3 Å². The minimum Gasteiger partial charge on any atom is -0.488 e. The average Bonchev–Trinajstić information content (AvgIpc) is 3.29. The standard InChI is InChI=1S/C14H20ClN3O4S.C12H16ClN3O4S.CH3I/c1-14(2,23(3,19)20)11-10-12(17-13(15)16-11)18-5-7-21-8-9(18)4-6-22-10;1-21(17,18)7-9-10-11(15-12(13)14-9)16-3-5-19-6-8(16)2-4-20-10;1-2/h9H,4-8H2,1-3H3;8H,2-7H2,1H3;1H3. The molecule has 0 aromatic carbocycles. The zero-order chi connectivity index (χ0) is 33.9. The van der Waals surface area contributed by atoms with Gasteiger partial charge in [-0.15, -0.1) is 0 Å². The van der Waals surface area contributed by atoms with Gasteiger partial charge in [0.25, 0.3) is 0 Å². The van der Waals surface area contributed by atoms with Crippen molar-refractivity contribution in [1.29, 1.82) is 0 Å². The topological polar surface area (TPSA) is 163 Å². The number of halogens is 3. The van der Waals surface area contributed by atoms with Crippen molar-refractivity contribution < 1.29 is 35.8 Å². The molecule has 2 saturated heterocycles. The Balaban J connectivity index is 0.000000199. The maximum Gasteiger partial charge on any atom is 0.224 e. The number of sulfone groups is 2. The number of ether oxygens (including phenoxy) is 4. The lowest BCUT2D eigenvalue weighted by Gasteiger charge is -2.35. The largest absolute Gasteiger partial charge is 0.488 e. The number of nitrogens with zero attached hydrogens (tertiary/aromatic N) is 6. The second-order valence-electron chi connectivity index (χ2n) is 11.6. The predicted octanol–water partition coefficient (Wildman–Crippen LogP) is 3.11. The Kier molecular flexibility index (Phi) is 12.5. The summed E-state index contributed by atoms with van der Waals surface area (Å²) in [5.74, 6) is 1.75. The molecule has 0 N–H and O–H groups in total. The molecular weight excluding hydrogens is 798 g/mol. The van der Waals surface area contributed by atoms with Gasteiger partial charge in [-0.2, -0.15) is 9.97 Å². The fourth-order valence-electron chi connectivity index (χ4n) is 5.41. The highest BCUT2D eigenvalue weighted by Crippen LogP contribution is 2.42. The molecule has 0 radical (unpaired) electrons. The first kappa shape index (κ1) is 37.3. The minimum atomic E-state index is -3.42. The second kappa shape index (κ2) is 15.4. The van der Waals surface area contributed by atoms with Crippen molar-refractivity contribution in [2.75, 3.05) is 80.0 Å². The molecule has 6 rings (SSSR count). The number of morpholine rings is 2. The first-order valence-electron chi connectivity index (χ1n) is 14.5. The monoisotopic (exact) mass is 836 g/mol. The highest BCUT2D eigenvalue weighted by atomic mass is 127. The van der Waals surface area contributed by atoms with E-state index in [0.717, 1.165) is 19.1 Å². The average molecular weight is 838 g/mol. The molecule has 0 amide bonds. The number of fused-ring (bicyclic) bond motifs is 6. The summed E-state index contributed by atoms with van der Waals surface area (Å²) >= 11 is 14.2. The highest BCUT2D eigenvalue weighted by Gasteiger charge is 2.41. The second-order valence-corrected chi connectivity index (χ2v) is 16.9. The number of aromatic nitrogens is 4. The number of hydrogen-bond donors (Lipinski definition) is 0. The quantitative estimate of drug-likeness (QED) is 0.251. The predicted molar refractivity (Wildman–Crippen MR) is 185 cm³/mol. The summed E-state index contributed by atoms with van der Waals surface area (Å²) in [4.78, 5) is 22.9. The fraction of sp³-hybridized carbons (Fsp3) is 0.704. The summed E-state index contributed by atoms with van der Waals surface area (Å²) in [5.41, 5.74) is 0.627. The molecule has 19 heteroatoms. The molecule has 2 aromatic rings. The van der Waals surface area contributed by atoms with Crippen LogP contribution >= 0.6 is 45.8 Å². The molecule has 2 unspecified atom stereocenters. The summed E-state index contributed by atoms with van der Waals surface area (Å²) < 4.78 is 69.0. The first-order chi connectivity index (χ1) is 21.7. The lowest BCUT2D eigenvalue weighted by molar-refractivity contribution is 0.0894. The zero-order valence-electron chi connectivity index (χ0n) is 26.3. The lowest BCUT2D eigenvalue weighted by atomic mass is 10.1. The number of rotatable bonds is 4. The summed E-state index contributed by atoms with van der Waals surface area (Å²) in [6, 6.07) is 0.308. The summed E-state index contributed by atoms with van der Waals surface area (Å²) in [5, 5.41) is 0.0503. The van der Waals surface area contributed by atoms with Gasteiger partial charge < -0.3 is 28.7 Å². The molecule has 46 heavy (non-hydrogen) atoms. The van der Waals surface area contributed by atoms with E-state index in [0.29, 0.717) is 87.3 Å². The molecule has 14 nitrogen and oxygen atoms in total. The third-order valence-electron chi connectivity index (χ3n) is 8.00. The Morgan fingerprint density at radius 2 is 1.26 bits per heavy atom. The third kappa shape index (κ3) is 8.55. The van der Waals surface area contributed by atoms with Gasteiger partial charge in [-0.25, -0.2) is 26.8 Å². The van der Waals surface area contributed by atoms with Crippen LogP contribution in [0.1, 0.15) is 38.1 Å². The van der Waals surface area contributed by atoms with E-state index in [-0.39, 0.29) is 28.4 Å². The Bertz CT molecular complexity index is 1620. The highest BCUT2D eigenvalue weighted by molar-refractivity contribution is 14.1. The van der Waals surface area contributed by atoms with Gasteiger partial charge in [0.1, 0.15) is 16.1 Å². The van der Waals surface area contributed by atoms with Crippen molar-refractivity contribution in [2.24, 2.45) is 0 Å². The van der Waals surface area contributed by atoms with Crippen molar-refractivity contribution in [3.8, 4) is 11.5 Å². The first-order valence-corrected chi connectivity index (χ1v) is 21.4. The molecule has 0 aliphatic carbocycles. The molecule has 0 saturated carbocycles. The number of anilines is 2. The van der Waals surface area contributed by atoms with E-state index in [1.165, 1.54) is 6.26 Å². The minimum absolute atomic E-state index is 0.0196. The molecule has 4 aliphatic heterocycles. The van der Waals surface area contributed by atoms with Gasteiger partial charge in [-0.1, -0.05) is 22.6 Å². The van der Waals surface area contributed by atoms with E-state index in [4.69, 9.17) is 42.1 Å². The number of alkyl halides is 1. The normalized spacial score (nSPS) is 21.1. The molecule has 0 bridgehead atoms. The van der Waals surface area contributed by atoms with Crippen LogP contribution in [0.2, 0.25) is 10.6 Å². The van der Waals surface area contributed by atoms with Crippen LogP contribution in [0, 0.1) is 0 Å². The van der Waals surface area contributed by atoms with E-state index < -0.39 is 24.4 Å². The fourth-order valence-corrected chi connectivity index (χ4v) is 6.93. The van der Waals surface area contributed by atoms with E-state index in [9.17, 15) is 16.8 Å². The summed E-state index contributed by atoms with van der Waals surface area (Å²) in [6.07, 6.45) is 3.90. The van der Waals surface area contributed by atoms with Crippen LogP contribution in [0.25, 0.3) is 0 Å². The van der Waals surface area contributed by atoms with Crippen molar-refractivity contribution in [1.82, 2.24) is 19.9 Å². The molecule has 258 valence electrons. The van der Waals surface area contributed by atoms with Crippen LogP contribution in [0.5, 0.6) is 11.5 Å². The van der Waals surface area contributed by atoms with Gasteiger partial charge in [0.2, 0.25) is 10.6 Å². The van der Waals surface area contributed by atoms with Crippen molar-refractivity contribution in [3.05, 3.63) is 22.0 Å². The van der Waals surface area contributed by atoms with Gasteiger partial charge in [0.15, 0.2) is 42.8 Å². The SMILES string of the molecule is CC(C)(c1nc(Cl)nc2c1OCCC1COCCN21)S(C)(=O)=O.CI.CS(=O)(=O)Cc1nc(Cl)nc2c1OCCC1COCCN21. The van der Waals surface area contributed by atoms with E-state index >= 15 is 0 Å². The Labute approximate surface area is 293 Å². The Morgan fingerprint density at radius 1 is 0.783 bits per heavy atom. The summed E-state index contributed by atoms with van der Waals surface area (Å²) in [7, 11) is -6.66. The molecule has 2 atom stereocenters. The van der Waals surface area contributed by atoms with Gasteiger partial charge in [-0.3, -0.25) is 0 Å². The van der Waals surface area contributed by atoms with Crippen LogP contribution in [0.15, 0.2) is 0 Å². The van der Waals surface area contributed by atoms with E-state index in [1.54, 1.807) is 13.8 Å². The van der Waals surface area contributed by atoms with Crippen LogP contribution in [-0.2, 0) is 39.6 Å². The van der Waals surface area contributed by atoms with E-state index in [2.05, 4.69) is 52.3 Å². The van der Waals surface area contributed by atoms with Crippen molar-refractivity contribution in [3.63, 3.8) is 0 Å². The van der Waals surface area contributed by atoms with Gasteiger partial charge in [0.05, 0.1) is 57.5 Å². The smallest absolute Gasteiger partial charge is 0.224 e. The van der Waals surface area contributed by atoms with Crippen LogP contribution in [0.4, 0.5) is 11.6 Å². The van der Waals surface area contributed by atoms with Crippen molar-refractivity contribution >= 4 is 77.1 Å². The van der Waals surface area contributed by atoms with Crippen molar-refractivity contribution in [2.45, 2.75) is 49.3 Å². The van der Waals surface area contributed by atoms with Crippen LogP contribution in [0.3, 0.4) is 0 Å². The molecular formula is C27H39Cl2IN6O8S2. The molecule has 2 fully saturated rings. The maximum atomic E-state index is 12.2. The van der Waals surface area contributed by atoms with E-state index in [1.807, 2.05) is 4.93 Å². The molecule has 4 aliphatic rings. The molecule has 6 heterocycles. The van der Waals surface area contributed by atoms with Gasteiger partial charge in [-0.05, 0) is 42.0 Å². The lowest BCUT2D eigenvalue weighted by Crippen LogP contribution is -2.45. The molecule has 2 aromatic heterocycles. The Hall–Kier alpha value is -1.51. The third-order valence-corrected chi connectivity index (χ3v) is 11.2. The van der Waals surface area contributed by atoms with Crippen LogP contribution in [-0.4, -0.2) is 119 Å². The summed E-state index contributed by atoms with van der Waals surface area (Å²) in [6.45, 7) is 7.84. The van der Waals surface area contributed by atoms with Gasteiger partial charge >= 0.3 is 0 Å². The zero-order valence-corrected chi connectivity index (χ0v) is 31.6.